The lowest BCUT2D eigenvalue weighted by atomic mass is 9.67. The number of hydrogen-bond donors (Lipinski definition) is 0. The molecule has 0 aliphatic heterocycles. The molecule has 1 aliphatic carbocycles. The van der Waals surface area contributed by atoms with Crippen LogP contribution >= 0.6 is 0 Å². The van der Waals surface area contributed by atoms with Crippen LogP contribution in [0, 0.1) is 18.8 Å². The topological polar surface area (TPSA) is 26.3 Å². The van der Waals surface area contributed by atoms with E-state index in [0.29, 0.717) is 5.92 Å². The number of carbonyl (C=O) groups excluding carboxylic acids is 1. The van der Waals surface area contributed by atoms with Crippen molar-refractivity contribution >= 4 is 14.6 Å². The van der Waals surface area contributed by atoms with Gasteiger partial charge in [0.15, 0.2) is 0 Å². The fourth-order valence-electron chi connectivity index (χ4n) is 5.52. The van der Waals surface area contributed by atoms with E-state index in [1.54, 1.807) is 0 Å². The zero-order valence-electron chi connectivity index (χ0n) is 24.6. The molecule has 1 aromatic rings. The van der Waals surface area contributed by atoms with Gasteiger partial charge in [0.05, 0.1) is 0 Å². The molecule has 198 valence electrons. The van der Waals surface area contributed by atoms with Crippen molar-refractivity contribution in [1.29, 1.82) is 0 Å². The zero-order valence-corrected chi connectivity index (χ0v) is 25.6. The monoisotopic (exact) mass is 498 g/mol. The third-order valence-corrected chi connectivity index (χ3v) is 13.4. The van der Waals surface area contributed by atoms with Gasteiger partial charge in [0.25, 0.3) is 0 Å². The number of allylic oxidation sites excluding steroid dienone is 1. The minimum atomic E-state index is -2.05. The molecule has 1 fully saturated rings. The van der Waals surface area contributed by atoms with Gasteiger partial charge in [-0.1, -0.05) is 85.4 Å². The van der Waals surface area contributed by atoms with Gasteiger partial charge in [0, 0.05) is 5.92 Å². The summed E-state index contributed by atoms with van der Waals surface area (Å²) in [6, 6.07) is 4.80. The highest BCUT2D eigenvalue weighted by molar-refractivity contribution is 6.74. The number of aldehydes is 1. The van der Waals surface area contributed by atoms with Crippen LogP contribution in [0.25, 0.3) is 0 Å². The fourth-order valence-corrected chi connectivity index (χ4v) is 6.54. The Morgan fingerprint density at radius 1 is 1.11 bits per heavy atom. The van der Waals surface area contributed by atoms with E-state index in [2.05, 4.69) is 87.2 Å². The number of rotatable bonds is 11. The van der Waals surface area contributed by atoms with Crippen molar-refractivity contribution in [3.8, 4) is 5.75 Å². The fraction of sp³-hybridized carbons (Fsp3) is 0.719. The Morgan fingerprint density at radius 3 is 2.31 bits per heavy atom. The Hall–Kier alpha value is -1.35. The lowest BCUT2D eigenvalue weighted by molar-refractivity contribution is -0.112. The second-order valence-electron chi connectivity index (χ2n) is 13.5. The summed E-state index contributed by atoms with van der Waals surface area (Å²) in [5, 5.41) is 0.121. The molecule has 0 N–H and O–H groups in total. The Morgan fingerprint density at radius 2 is 1.77 bits per heavy atom. The van der Waals surface area contributed by atoms with Gasteiger partial charge < -0.3 is 9.22 Å². The van der Waals surface area contributed by atoms with Gasteiger partial charge in [-0.15, -0.1) is 0 Å². The lowest BCUT2D eigenvalue weighted by Gasteiger charge is -2.41. The predicted octanol–water partition coefficient (Wildman–Crippen LogP) is 9.90. The SMILES string of the molecule is C=C(C)[C@@H]1CC[C@@H](C=O)C[C@H]1c1c(C)cc(C(C)(C)CCCCCC)cc1O[Si](C)(C)C(C)(C)C. The highest BCUT2D eigenvalue weighted by atomic mass is 28.4. The smallest absolute Gasteiger partial charge is 0.250 e. The van der Waals surface area contributed by atoms with Gasteiger partial charge in [-0.2, -0.15) is 0 Å². The third-order valence-electron chi connectivity index (χ3n) is 9.04. The summed E-state index contributed by atoms with van der Waals surface area (Å²) < 4.78 is 7.13. The van der Waals surface area contributed by atoms with Crippen LogP contribution in [0.4, 0.5) is 0 Å². The van der Waals surface area contributed by atoms with Crippen molar-refractivity contribution in [2.45, 2.75) is 136 Å². The van der Waals surface area contributed by atoms with Gasteiger partial charge in [-0.25, -0.2) is 0 Å². The van der Waals surface area contributed by atoms with Crippen molar-refractivity contribution in [3.05, 3.63) is 41.0 Å². The molecule has 0 spiro atoms. The molecule has 3 heteroatoms. The van der Waals surface area contributed by atoms with Crippen LogP contribution in [0.5, 0.6) is 5.75 Å². The minimum absolute atomic E-state index is 0.105. The molecule has 2 nitrogen and oxygen atoms in total. The molecule has 1 saturated carbocycles. The zero-order chi connectivity index (χ0) is 26.6. The van der Waals surface area contributed by atoms with Gasteiger partial charge >= 0.3 is 0 Å². The minimum Gasteiger partial charge on any atom is -0.543 e. The first-order chi connectivity index (χ1) is 16.1. The Kier molecular flexibility index (Phi) is 10.1. The van der Waals surface area contributed by atoms with Gasteiger partial charge in [-0.3, -0.25) is 0 Å². The molecule has 35 heavy (non-hydrogen) atoms. The standard InChI is InChI=1S/C32H54O2Si/c1-12-13-14-15-18-32(8,9)26-19-24(4)30(29(21-26)34-35(10,11)31(5,6)7)28-20-25(22-33)16-17-27(28)23(2)3/h19,21-22,25,27-28H,2,12-18,20H2,1,3-11H3/t25-,27+,28-/m1/s1. The Balaban J connectivity index is 2.62. The van der Waals surface area contributed by atoms with E-state index in [0.717, 1.165) is 25.0 Å². The van der Waals surface area contributed by atoms with Gasteiger partial charge in [-0.05, 0) is 97.7 Å². The van der Waals surface area contributed by atoms with Crippen LogP contribution in [-0.2, 0) is 10.2 Å². The maximum Gasteiger partial charge on any atom is 0.250 e. The maximum absolute atomic E-state index is 11.8. The van der Waals surface area contributed by atoms with Gasteiger partial charge in [0.2, 0.25) is 8.32 Å². The van der Waals surface area contributed by atoms with E-state index in [9.17, 15) is 4.79 Å². The first-order valence-electron chi connectivity index (χ1n) is 14.1. The van der Waals surface area contributed by atoms with E-state index in [1.165, 1.54) is 60.7 Å². The Bertz CT molecular complexity index is 874. The van der Waals surface area contributed by atoms with Crippen molar-refractivity contribution in [2.75, 3.05) is 0 Å². The normalized spacial score (nSPS) is 21.6. The summed E-state index contributed by atoms with van der Waals surface area (Å²) in [5.74, 6) is 1.90. The first kappa shape index (κ1) is 29.9. The van der Waals surface area contributed by atoms with Crippen molar-refractivity contribution < 1.29 is 9.22 Å². The highest BCUT2D eigenvalue weighted by Gasteiger charge is 2.41. The molecule has 0 bridgehead atoms. The molecule has 3 atom stereocenters. The number of hydrogen-bond acceptors (Lipinski definition) is 2. The van der Waals surface area contributed by atoms with Crippen LogP contribution in [0.15, 0.2) is 24.3 Å². The largest absolute Gasteiger partial charge is 0.543 e. The van der Waals surface area contributed by atoms with Crippen LogP contribution in [-0.4, -0.2) is 14.6 Å². The molecule has 1 aliphatic rings. The number of unbranched alkanes of at least 4 members (excludes halogenated alkanes) is 3. The van der Waals surface area contributed by atoms with Crippen LogP contribution in [0.1, 0.15) is 122 Å². The summed E-state index contributed by atoms with van der Waals surface area (Å²) in [4.78, 5) is 11.8. The Labute approximate surface area is 218 Å². The summed E-state index contributed by atoms with van der Waals surface area (Å²) in [6.07, 6.45) is 10.4. The summed E-state index contributed by atoms with van der Waals surface area (Å²) in [6.45, 7) is 27.5. The maximum atomic E-state index is 11.8. The number of benzene rings is 1. The molecule has 2 rings (SSSR count). The average Bonchev–Trinajstić information content (AvgIpc) is 2.75. The lowest BCUT2D eigenvalue weighted by Crippen LogP contribution is -2.44. The molecular weight excluding hydrogens is 444 g/mol. The van der Waals surface area contributed by atoms with Crippen molar-refractivity contribution in [2.24, 2.45) is 11.8 Å². The quantitative estimate of drug-likeness (QED) is 0.131. The van der Waals surface area contributed by atoms with Gasteiger partial charge in [0.1, 0.15) is 12.0 Å². The average molecular weight is 499 g/mol. The summed E-state index contributed by atoms with van der Waals surface area (Å²) >= 11 is 0. The second kappa shape index (κ2) is 11.8. The predicted molar refractivity (Wildman–Crippen MR) is 155 cm³/mol. The first-order valence-corrected chi connectivity index (χ1v) is 17.0. The van der Waals surface area contributed by atoms with E-state index in [4.69, 9.17) is 4.43 Å². The molecule has 0 unspecified atom stereocenters. The van der Waals surface area contributed by atoms with E-state index in [-0.39, 0.29) is 22.3 Å². The van der Waals surface area contributed by atoms with Crippen LogP contribution < -0.4 is 4.43 Å². The van der Waals surface area contributed by atoms with E-state index >= 15 is 0 Å². The van der Waals surface area contributed by atoms with E-state index in [1.807, 2.05) is 0 Å². The molecule has 0 aromatic heterocycles. The molecule has 0 heterocycles. The highest BCUT2D eigenvalue weighted by Crippen LogP contribution is 2.50. The summed E-state index contributed by atoms with van der Waals surface area (Å²) in [5.41, 5.74) is 5.38. The van der Waals surface area contributed by atoms with Crippen LogP contribution in [0.3, 0.4) is 0 Å². The van der Waals surface area contributed by atoms with Crippen molar-refractivity contribution in [1.82, 2.24) is 0 Å². The molecular formula is C32H54O2Si. The summed E-state index contributed by atoms with van der Waals surface area (Å²) in [7, 11) is -2.05. The van der Waals surface area contributed by atoms with Crippen LogP contribution in [0.2, 0.25) is 18.1 Å². The second-order valence-corrected chi connectivity index (χ2v) is 18.3. The molecule has 0 radical (unpaired) electrons. The molecule has 0 saturated heterocycles. The third kappa shape index (κ3) is 7.34. The molecule has 1 aromatic carbocycles. The number of aryl methyl sites for hydroxylation is 1. The molecule has 0 amide bonds. The van der Waals surface area contributed by atoms with Crippen molar-refractivity contribution in [3.63, 3.8) is 0 Å². The van der Waals surface area contributed by atoms with E-state index < -0.39 is 8.32 Å². The number of carbonyl (C=O) groups is 1.